The third-order valence-electron chi connectivity index (χ3n) is 2.73. The van der Waals surface area contributed by atoms with Crippen LogP contribution < -0.4 is 11.1 Å². The summed E-state index contributed by atoms with van der Waals surface area (Å²) in [6.45, 7) is 1.97. The Hall–Kier alpha value is -2.24. The van der Waals surface area contributed by atoms with Crippen molar-refractivity contribution in [2.24, 2.45) is 5.73 Å². The quantitative estimate of drug-likeness (QED) is 0.801. The van der Waals surface area contributed by atoms with E-state index in [2.05, 4.69) is 11.2 Å². The second-order valence-corrected chi connectivity index (χ2v) is 4.26. The summed E-state index contributed by atoms with van der Waals surface area (Å²) >= 11 is 0. The molecule has 0 radical (unpaired) electrons. The molecule has 0 heterocycles. The summed E-state index contributed by atoms with van der Waals surface area (Å²) in [4.78, 5) is 0. The zero-order valence-corrected chi connectivity index (χ0v) is 10.4. The predicted octanol–water partition coefficient (Wildman–Crippen LogP) is 3.43. The van der Waals surface area contributed by atoms with Gasteiger partial charge in [0.15, 0.2) is 0 Å². The van der Waals surface area contributed by atoms with E-state index in [1.807, 2.05) is 55.5 Å². The van der Waals surface area contributed by atoms with Crippen molar-refractivity contribution in [3.8, 4) is 12.3 Å². The molecule has 18 heavy (non-hydrogen) atoms. The summed E-state index contributed by atoms with van der Waals surface area (Å²) in [6, 6.07) is 15.9. The Balaban J connectivity index is 2.23. The van der Waals surface area contributed by atoms with Gasteiger partial charge in [-0.25, -0.2) is 0 Å². The third kappa shape index (κ3) is 2.91. The minimum absolute atomic E-state index is 0.0313. The van der Waals surface area contributed by atoms with Crippen LogP contribution in [0.2, 0.25) is 0 Å². The molecule has 3 N–H and O–H groups in total. The first-order valence-corrected chi connectivity index (χ1v) is 5.88. The lowest BCUT2D eigenvalue weighted by molar-refractivity contribution is 0.819. The van der Waals surface area contributed by atoms with Gasteiger partial charge in [0.2, 0.25) is 0 Å². The van der Waals surface area contributed by atoms with E-state index < -0.39 is 0 Å². The van der Waals surface area contributed by atoms with Crippen LogP contribution in [0.15, 0.2) is 48.5 Å². The number of hydrogen-bond donors (Lipinski definition) is 2. The summed E-state index contributed by atoms with van der Waals surface area (Å²) in [7, 11) is 0. The fraction of sp³-hybridized carbons (Fsp3) is 0.125. The number of rotatable bonds is 3. The zero-order valence-electron chi connectivity index (χ0n) is 10.4. The van der Waals surface area contributed by atoms with Gasteiger partial charge in [0.1, 0.15) is 0 Å². The molecule has 0 spiro atoms. The fourth-order valence-electron chi connectivity index (χ4n) is 1.75. The molecular formula is C16H16N2. The Morgan fingerprint density at radius 3 is 2.44 bits per heavy atom. The third-order valence-corrected chi connectivity index (χ3v) is 2.73. The molecule has 0 amide bonds. The first-order valence-electron chi connectivity index (χ1n) is 5.88. The maximum Gasteiger partial charge on any atom is 0.0396 e. The summed E-state index contributed by atoms with van der Waals surface area (Å²) in [5.74, 6) is 2.62. The van der Waals surface area contributed by atoms with Crippen molar-refractivity contribution in [3.63, 3.8) is 0 Å². The SMILES string of the molecule is C#Cc1cccc(Nc2cccc(C(C)N)c2)c1. The number of anilines is 2. The summed E-state index contributed by atoms with van der Waals surface area (Å²) < 4.78 is 0. The first kappa shape index (κ1) is 12.2. The molecule has 0 bridgehead atoms. The van der Waals surface area contributed by atoms with E-state index in [1.165, 1.54) is 0 Å². The molecule has 0 saturated carbocycles. The summed E-state index contributed by atoms with van der Waals surface area (Å²) in [6.07, 6.45) is 5.38. The van der Waals surface area contributed by atoms with Crippen molar-refractivity contribution in [1.29, 1.82) is 0 Å². The lowest BCUT2D eigenvalue weighted by Crippen LogP contribution is -2.05. The Morgan fingerprint density at radius 1 is 1.11 bits per heavy atom. The molecule has 1 unspecified atom stereocenters. The van der Waals surface area contributed by atoms with Gasteiger partial charge in [-0.15, -0.1) is 6.42 Å². The van der Waals surface area contributed by atoms with E-state index >= 15 is 0 Å². The smallest absolute Gasteiger partial charge is 0.0396 e. The molecule has 90 valence electrons. The van der Waals surface area contributed by atoms with Crippen LogP contribution in [0.3, 0.4) is 0 Å². The van der Waals surface area contributed by atoms with Gasteiger partial charge in [-0.3, -0.25) is 0 Å². The van der Waals surface area contributed by atoms with Gasteiger partial charge in [0, 0.05) is 23.0 Å². The number of nitrogens with two attached hydrogens (primary N) is 1. The molecule has 0 fully saturated rings. The minimum Gasteiger partial charge on any atom is -0.355 e. The highest BCUT2D eigenvalue weighted by molar-refractivity contribution is 5.62. The van der Waals surface area contributed by atoms with Crippen LogP contribution in [0.25, 0.3) is 0 Å². The van der Waals surface area contributed by atoms with Crippen molar-refractivity contribution >= 4 is 11.4 Å². The van der Waals surface area contributed by atoms with Gasteiger partial charge >= 0.3 is 0 Å². The van der Waals surface area contributed by atoms with Crippen molar-refractivity contribution in [3.05, 3.63) is 59.7 Å². The molecule has 2 aromatic rings. The van der Waals surface area contributed by atoms with Gasteiger partial charge in [-0.1, -0.05) is 24.1 Å². The Bertz CT molecular complexity index is 580. The van der Waals surface area contributed by atoms with Crippen LogP contribution in [0.4, 0.5) is 11.4 Å². The number of hydrogen-bond acceptors (Lipinski definition) is 2. The van der Waals surface area contributed by atoms with Gasteiger partial charge in [-0.05, 0) is 42.8 Å². The Kier molecular flexibility index (Phi) is 3.66. The van der Waals surface area contributed by atoms with E-state index in [9.17, 15) is 0 Å². The van der Waals surface area contributed by atoms with Crippen LogP contribution in [0, 0.1) is 12.3 Å². The van der Waals surface area contributed by atoms with Crippen LogP contribution in [0.1, 0.15) is 24.1 Å². The topological polar surface area (TPSA) is 38.0 Å². The second kappa shape index (κ2) is 5.39. The average Bonchev–Trinajstić information content (AvgIpc) is 2.39. The molecule has 0 aliphatic rings. The highest BCUT2D eigenvalue weighted by atomic mass is 14.9. The molecule has 2 heteroatoms. The molecule has 0 aliphatic heterocycles. The average molecular weight is 236 g/mol. The van der Waals surface area contributed by atoms with Crippen LogP contribution >= 0.6 is 0 Å². The maximum atomic E-state index is 5.87. The van der Waals surface area contributed by atoms with E-state index in [0.29, 0.717) is 0 Å². The van der Waals surface area contributed by atoms with Crippen LogP contribution in [-0.4, -0.2) is 0 Å². The van der Waals surface area contributed by atoms with E-state index in [1.54, 1.807) is 0 Å². The predicted molar refractivity (Wildman–Crippen MR) is 76.7 cm³/mol. The highest BCUT2D eigenvalue weighted by Gasteiger charge is 2.01. The van der Waals surface area contributed by atoms with Crippen LogP contribution in [0.5, 0.6) is 0 Å². The highest BCUT2D eigenvalue weighted by Crippen LogP contribution is 2.20. The number of benzene rings is 2. The van der Waals surface area contributed by atoms with Gasteiger partial charge in [0.05, 0.1) is 0 Å². The van der Waals surface area contributed by atoms with Gasteiger partial charge < -0.3 is 11.1 Å². The van der Waals surface area contributed by atoms with Crippen molar-refractivity contribution in [1.82, 2.24) is 0 Å². The van der Waals surface area contributed by atoms with E-state index in [0.717, 1.165) is 22.5 Å². The molecule has 2 nitrogen and oxygen atoms in total. The van der Waals surface area contributed by atoms with Crippen molar-refractivity contribution in [2.45, 2.75) is 13.0 Å². The van der Waals surface area contributed by atoms with Crippen molar-refractivity contribution in [2.75, 3.05) is 5.32 Å². The van der Waals surface area contributed by atoms with E-state index in [4.69, 9.17) is 12.2 Å². The standard InChI is InChI=1S/C16H16N2/c1-3-13-6-4-8-15(10-13)18-16-9-5-7-14(11-16)12(2)17/h1,4-12,18H,17H2,2H3. The zero-order chi connectivity index (χ0) is 13.0. The summed E-state index contributed by atoms with van der Waals surface area (Å²) in [5, 5.41) is 3.32. The molecule has 0 saturated heterocycles. The van der Waals surface area contributed by atoms with Crippen molar-refractivity contribution < 1.29 is 0 Å². The molecule has 2 aromatic carbocycles. The largest absolute Gasteiger partial charge is 0.355 e. The molecule has 1 atom stereocenters. The Morgan fingerprint density at radius 2 is 1.78 bits per heavy atom. The fourth-order valence-corrected chi connectivity index (χ4v) is 1.75. The summed E-state index contributed by atoms with van der Waals surface area (Å²) in [5.41, 5.74) is 9.83. The second-order valence-electron chi connectivity index (χ2n) is 4.26. The molecule has 0 aromatic heterocycles. The Labute approximate surface area is 108 Å². The number of nitrogens with one attached hydrogen (secondary N) is 1. The molecular weight excluding hydrogens is 220 g/mol. The number of terminal acetylenes is 1. The minimum atomic E-state index is 0.0313. The van der Waals surface area contributed by atoms with Crippen LogP contribution in [-0.2, 0) is 0 Å². The lowest BCUT2D eigenvalue weighted by Gasteiger charge is -2.10. The first-order chi connectivity index (χ1) is 8.69. The molecule has 2 rings (SSSR count). The van der Waals surface area contributed by atoms with E-state index in [-0.39, 0.29) is 6.04 Å². The maximum absolute atomic E-state index is 5.87. The monoisotopic (exact) mass is 236 g/mol. The lowest BCUT2D eigenvalue weighted by atomic mass is 10.1. The van der Waals surface area contributed by atoms with Gasteiger partial charge in [0.25, 0.3) is 0 Å². The van der Waals surface area contributed by atoms with Gasteiger partial charge in [-0.2, -0.15) is 0 Å². The molecule has 0 aliphatic carbocycles. The normalized spacial score (nSPS) is 11.6.